The fourth-order valence-electron chi connectivity index (χ4n) is 5.47. The summed E-state index contributed by atoms with van der Waals surface area (Å²) in [5.74, 6) is 0. The van der Waals surface area contributed by atoms with Gasteiger partial charge in [0.15, 0.2) is 5.60 Å². The van der Waals surface area contributed by atoms with Crippen molar-refractivity contribution in [2.75, 3.05) is 44.2 Å². The number of rotatable bonds is 6. The molecule has 0 amide bonds. The van der Waals surface area contributed by atoms with Crippen molar-refractivity contribution in [2.45, 2.75) is 53.1 Å². The van der Waals surface area contributed by atoms with E-state index in [4.69, 9.17) is 4.74 Å². The summed E-state index contributed by atoms with van der Waals surface area (Å²) in [6.07, 6.45) is -3.68. The number of thiol groups is 1. The summed E-state index contributed by atoms with van der Waals surface area (Å²) in [7, 11) is -3.79. The highest BCUT2D eigenvalue weighted by Crippen LogP contribution is 2.39. The zero-order chi connectivity index (χ0) is 26.6. The van der Waals surface area contributed by atoms with Gasteiger partial charge < -0.3 is 14.7 Å². The van der Waals surface area contributed by atoms with Gasteiger partial charge >= 0.3 is 6.18 Å². The zero-order valence-electron chi connectivity index (χ0n) is 20.3. The predicted octanol–water partition coefficient (Wildman–Crippen LogP) is 3.10. The third-order valence-electron chi connectivity index (χ3n) is 7.70. The molecule has 0 spiro atoms. The van der Waals surface area contributed by atoms with Crippen LogP contribution in [0.25, 0.3) is 0 Å². The van der Waals surface area contributed by atoms with E-state index in [1.807, 2.05) is 0 Å². The van der Waals surface area contributed by atoms with Crippen LogP contribution in [0.5, 0.6) is 0 Å². The topological polar surface area (TPSA) is 73.3 Å². The lowest BCUT2D eigenvalue weighted by Gasteiger charge is -2.44. The molecule has 37 heavy (non-hydrogen) atoms. The number of ether oxygens (including phenoxy) is 1. The third-order valence-corrected chi connectivity index (χ3v) is 10.2. The van der Waals surface area contributed by atoms with E-state index in [1.54, 1.807) is 36.4 Å². The number of sulfonamides is 1. The number of halogens is 3. The van der Waals surface area contributed by atoms with Crippen molar-refractivity contribution < 1.29 is 31.4 Å². The lowest BCUT2D eigenvalue weighted by molar-refractivity contribution is -0.258. The normalized spacial score (nSPS) is 27.0. The van der Waals surface area contributed by atoms with E-state index in [0.717, 1.165) is 19.9 Å². The van der Waals surface area contributed by atoms with Gasteiger partial charge in [0.25, 0.3) is 0 Å². The SMILES string of the molecule is C[C@](O)(c1ccc(N2CCN(S(=O)(=O)c3ccccc3S)C[C@H]2CN2C[C@H]3C[C@@H]2CO3)cc1)C(F)(F)F. The van der Waals surface area contributed by atoms with E-state index < -0.39 is 21.8 Å². The number of anilines is 1. The van der Waals surface area contributed by atoms with Crippen LogP contribution >= 0.6 is 12.6 Å². The van der Waals surface area contributed by atoms with Crippen LogP contribution in [0, 0.1) is 0 Å². The van der Waals surface area contributed by atoms with E-state index in [1.165, 1.54) is 16.4 Å². The van der Waals surface area contributed by atoms with E-state index in [-0.39, 0.29) is 41.7 Å². The van der Waals surface area contributed by atoms with Crippen molar-refractivity contribution in [1.29, 1.82) is 0 Å². The number of alkyl halides is 3. The van der Waals surface area contributed by atoms with Gasteiger partial charge in [-0.2, -0.15) is 17.5 Å². The van der Waals surface area contributed by atoms with Gasteiger partial charge in [0, 0.05) is 49.3 Å². The molecule has 3 aliphatic rings. The molecule has 2 aromatic carbocycles. The van der Waals surface area contributed by atoms with Crippen LogP contribution in [-0.4, -0.2) is 86.4 Å². The highest BCUT2D eigenvalue weighted by atomic mass is 32.2. The first-order valence-electron chi connectivity index (χ1n) is 12.2. The Morgan fingerprint density at radius 2 is 1.78 bits per heavy atom. The molecule has 3 saturated heterocycles. The van der Waals surface area contributed by atoms with Crippen LogP contribution in [0.15, 0.2) is 58.3 Å². The maximum atomic E-state index is 13.5. The maximum Gasteiger partial charge on any atom is 0.421 e. The second-order valence-electron chi connectivity index (χ2n) is 10.1. The molecule has 2 bridgehead atoms. The van der Waals surface area contributed by atoms with Gasteiger partial charge in [0.05, 0.1) is 23.6 Å². The number of benzene rings is 2. The molecule has 0 unspecified atom stereocenters. The van der Waals surface area contributed by atoms with Crippen LogP contribution in [0.4, 0.5) is 18.9 Å². The Morgan fingerprint density at radius 3 is 2.38 bits per heavy atom. The van der Waals surface area contributed by atoms with Crippen molar-refractivity contribution >= 4 is 28.3 Å². The Labute approximate surface area is 220 Å². The van der Waals surface area contributed by atoms with Crippen LogP contribution in [0.1, 0.15) is 18.9 Å². The fourth-order valence-corrected chi connectivity index (χ4v) is 7.53. The lowest BCUT2D eigenvalue weighted by atomic mass is 9.95. The summed E-state index contributed by atoms with van der Waals surface area (Å²) in [6, 6.07) is 12.3. The third kappa shape index (κ3) is 4.99. The van der Waals surface area contributed by atoms with Gasteiger partial charge in [-0.1, -0.05) is 24.3 Å². The average Bonchev–Trinajstić information content (AvgIpc) is 3.47. The minimum absolute atomic E-state index is 0.151. The predicted molar refractivity (Wildman–Crippen MR) is 135 cm³/mol. The Hall–Kier alpha value is -1.83. The number of piperazine rings is 1. The smallest absolute Gasteiger partial charge is 0.376 e. The van der Waals surface area contributed by atoms with Gasteiger partial charge in [-0.25, -0.2) is 8.42 Å². The molecule has 12 heteroatoms. The van der Waals surface area contributed by atoms with Crippen LogP contribution in [0.3, 0.4) is 0 Å². The Kier molecular flexibility index (Phi) is 7.04. The van der Waals surface area contributed by atoms with Gasteiger partial charge in [-0.15, -0.1) is 12.6 Å². The molecule has 0 aromatic heterocycles. The van der Waals surface area contributed by atoms with Crippen molar-refractivity contribution in [2.24, 2.45) is 0 Å². The first-order chi connectivity index (χ1) is 17.4. The monoisotopic (exact) mass is 557 g/mol. The maximum absolute atomic E-state index is 13.5. The molecule has 0 saturated carbocycles. The van der Waals surface area contributed by atoms with Crippen LogP contribution in [0.2, 0.25) is 0 Å². The molecule has 1 N–H and O–H groups in total. The van der Waals surface area contributed by atoms with Crippen molar-refractivity contribution in [1.82, 2.24) is 9.21 Å². The number of aliphatic hydroxyl groups is 1. The van der Waals surface area contributed by atoms with Crippen molar-refractivity contribution in [3.8, 4) is 0 Å². The highest BCUT2D eigenvalue weighted by Gasteiger charge is 2.51. The molecule has 202 valence electrons. The quantitative estimate of drug-likeness (QED) is 0.532. The Bertz CT molecular complexity index is 1240. The first kappa shape index (κ1) is 26.8. The summed E-state index contributed by atoms with van der Waals surface area (Å²) in [5, 5.41) is 10.0. The summed E-state index contributed by atoms with van der Waals surface area (Å²) in [6.45, 7) is 3.56. The van der Waals surface area contributed by atoms with Gasteiger partial charge in [0.2, 0.25) is 10.0 Å². The minimum atomic E-state index is -4.81. The minimum Gasteiger partial charge on any atom is -0.376 e. The molecule has 3 aliphatic heterocycles. The standard InChI is InChI=1S/C25H30F3N3O4S2/c1-24(32,25(26,27)28)17-6-8-18(9-7-17)31-11-10-30(37(33,34)23-5-3-2-4-22(23)36)14-20(31)13-29-15-21-12-19(29)16-35-21/h2-9,19-21,32,36H,10-16H2,1H3/t19-,20-,21-,24+/m1/s1. The summed E-state index contributed by atoms with van der Waals surface area (Å²) in [5.41, 5.74) is -2.54. The van der Waals surface area contributed by atoms with Crippen LogP contribution in [-0.2, 0) is 20.4 Å². The second-order valence-corrected chi connectivity index (χ2v) is 12.5. The molecular weight excluding hydrogens is 527 g/mol. The van der Waals surface area contributed by atoms with Crippen molar-refractivity contribution in [3.05, 3.63) is 54.1 Å². The van der Waals surface area contributed by atoms with E-state index >= 15 is 0 Å². The van der Waals surface area contributed by atoms with E-state index in [2.05, 4.69) is 22.4 Å². The molecular formula is C25H30F3N3O4S2. The van der Waals surface area contributed by atoms with Gasteiger partial charge in [-0.05, 0) is 43.2 Å². The number of likely N-dealkylation sites (tertiary alicyclic amines) is 1. The van der Waals surface area contributed by atoms with E-state index in [0.29, 0.717) is 30.3 Å². The fraction of sp³-hybridized carbons (Fsp3) is 0.520. The van der Waals surface area contributed by atoms with Crippen molar-refractivity contribution in [3.63, 3.8) is 0 Å². The number of morpholine rings is 1. The van der Waals surface area contributed by atoms with Gasteiger partial charge in [-0.3, -0.25) is 4.90 Å². The molecule has 5 rings (SSSR count). The zero-order valence-corrected chi connectivity index (χ0v) is 22.0. The number of fused-ring (bicyclic) bond motifs is 2. The van der Waals surface area contributed by atoms with Crippen LogP contribution < -0.4 is 4.90 Å². The van der Waals surface area contributed by atoms with Gasteiger partial charge in [0.1, 0.15) is 0 Å². The van der Waals surface area contributed by atoms with E-state index in [9.17, 15) is 26.7 Å². The first-order valence-corrected chi connectivity index (χ1v) is 14.1. The average molecular weight is 558 g/mol. The molecule has 0 radical (unpaired) electrons. The number of nitrogens with zero attached hydrogens (tertiary/aromatic N) is 3. The molecule has 7 nitrogen and oxygen atoms in total. The summed E-state index contributed by atoms with van der Waals surface area (Å²) in [4.78, 5) is 4.90. The number of hydrogen-bond acceptors (Lipinski definition) is 7. The molecule has 3 heterocycles. The molecule has 0 aliphatic carbocycles. The molecule has 4 atom stereocenters. The second kappa shape index (κ2) is 9.73. The largest absolute Gasteiger partial charge is 0.421 e. The lowest BCUT2D eigenvalue weighted by Crippen LogP contribution is -2.59. The summed E-state index contributed by atoms with van der Waals surface area (Å²) >= 11 is 4.35. The summed E-state index contributed by atoms with van der Waals surface area (Å²) < 4.78 is 74.1. The Morgan fingerprint density at radius 1 is 1.08 bits per heavy atom. The number of hydrogen-bond donors (Lipinski definition) is 2. The molecule has 3 fully saturated rings. The molecule has 2 aromatic rings. The Balaban J connectivity index is 1.41. The highest BCUT2D eigenvalue weighted by molar-refractivity contribution is 7.90.